The minimum atomic E-state index is -1.31. The minimum Gasteiger partial charge on any atom is -0.507 e. The number of hydrogen-bond donors (Lipinski definition) is 1. The van der Waals surface area contributed by atoms with Crippen molar-refractivity contribution < 1.29 is 14.7 Å². The van der Waals surface area contributed by atoms with Gasteiger partial charge in [-0.15, -0.1) is 0 Å². The summed E-state index contributed by atoms with van der Waals surface area (Å²) >= 11 is 0. The molecule has 0 aromatic heterocycles. The van der Waals surface area contributed by atoms with Gasteiger partial charge in [-0.05, 0) is 40.4 Å². The molecule has 2 radical (unpaired) electrons. The summed E-state index contributed by atoms with van der Waals surface area (Å²) in [5.41, 5.74) is 0.869. The third-order valence-electron chi connectivity index (χ3n) is 4.70. The molecule has 0 atom stereocenters. The summed E-state index contributed by atoms with van der Waals surface area (Å²) in [6, 6.07) is 3.95. The Bertz CT molecular complexity index is 607. The van der Waals surface area contributed by atoms with E-state index in [2.05, 4.69) is 20.8 Å². The molecule has 3 heteroatoms. The van der Waals surface area contributed by atoms with Crippen molar-refractivity contribution in [2.24, 2.45) is 5.41 Å². The Hall–Kier alpha value is -1.64. The normalized spacial score (nSPS) is 12.9. The third kappa shape index (κ3) is 5.17. The van der Waals surface area contributed by atoms with Crippen LogP contribution in [-0.2, 0) is 26.8 Å². The second kappa shape index (κ2) is 7.72. The number of aromatic hydroxyl groups is 1. The number of carbonyl (C=O) groups excluding carboxylic acids is 2. The highest BCUT2D eigenvalue weighted by molar-refractivity contribution is 5.85. The van der Waals surface area contributed by atoms with E-state index >= 15 is 0 Å². The van der Waals surface area contributed by atoms with Crippen LogP contribution in [0, 0.1) is 5.41 Å². The summed E-state index contributed by atoms with van der Waals surface area (Å²) < 4.78 is 0. The SMILES string of the molecule is CCCCC([C]=O)([C]=O)Cc1cc(C(C)(C)C)cc(C(C)(C)C)c1O. The van der Waals surface area contributed by atoms with E-state index in [9.17, 15) is 14.7 Å². The number of phenols is 1. The van der Waals surface area contributed by atoms with E-state index in [-0.39, 0.29) is 23.0 Å². The maximum atomic E-state index is 11.6. The number of rotatable bonds is 7. The maximum absolute atomic E-state index is 11.6. The van der Waals surface area contributed by atoms with Crippen LogP contribution >= 0.6 is 0 Å². The van der Waals surface area contributed by atoms with Crippen LogP contribution < -0.4 is 0 Å². The van der Waals surface area contributed by atoms with Crippen LogP contribution in [0.3, 0.4) is 0 Å². The van der Waals surface area contributed by atoms with E-state index in [1.807, 2.05) is 52.4 Å². The van der Waals surface area contributed by atoms with Crippen molar-refractivity contribution in [3.8, 4) is 5.75 Å². The fourth-order valence-electron chi connectivity index (χ4n) is 2.92. The summed E-state index contributed by atoms with van der Waals surface area (Å²) in [6.45, 7) is 14.5. The highest BCUT2D eigenvalue weighted by Gasteiger charge is 2.34. The van der Waals surface area contributed by atoms with Crippen molar-refractivity contribution in [3.05, 3.63) is 28.8 Å². The first kappa shape index (κ1) is 21.4. The van der Waals surface area contributed by atoms with Gasteiger partial charge < -0.3 is 5.11 Å². The van der Waals surface area contributed by atoms with E-state index in [1.54, 1.807) is 0 Å². The van der Waals surface area contributed by atoms with Gasteiger partial charge >= 0.3 is 0 Å². The molecule has 25 heavy (non-hydrogen) atoms. The van der Waals surface area contributed by atoms with Gasteiger partial charge in [0.2, 0.25) is 12.6 Å². The van der Waals surface area contributed by atoms with Crippen molar-refractivity contribution in [3.63, 3.8) is 0 Å². The molecule has 1 aromatic carbocycles. The molecule has 0 aliphatic carbocycles. The van der Waals surface area contributed by atoms with Gasteiger partial charge in [0.15, 0.2) is 0 Å². The molecule has 0 aliphatic rings. The first-order valence-corrected chi connectivity index (χ1v) is 9.05. The van der Waals surface area contributed by atoms with Crippen molar-refractivity contribution in [1.82, 2.24) is 0 Å². The van der Waals surface area contributed by atoms with E-state index in [4.69, 9.17) is 0 Å². The molecule has 1 N–H and O–H groups in total. The van der Waals surface area contributed by atoms with E-state index in [1.165, 1.54) is 0 Å². The molecule has 3 nitrogen and oxygen atoms in total. The van der Waals surface area contributed by atoms with Gasteiger partial charge in [-0.3, -0.25) is 9.59 Å². The van der Waals surface area contributed by atoms with E-state index in [0.29, 0.717) is 12.0 Å². The van der Waals surface area contributed by atoms with Crippen molar-refractivity contribution in [1.29, 1.82) is 0 Å². The molecule has 1 rings (SSSR count). The lowest BCUT2D eigenvalue weighted by atomic mass is 9.75. The summed E-state index contributed by atoms with van der Waals surface area (Å²) in [5, 5.41) is 10.8. The molecule has 0 unspecified atom stereocenters. The largest absolute Gasteiger partial charge is 0.507 e. The predicted octanol–water partition coefficient (Wildman–Crippen LogP) is 4.93. The molecule has 0 amide bonds. The Morgan fingerprint density at radius 2 is 1.52 bits per heavy atom. The Morgan fingerprint density at radius 1 is 0.960 bits per heavy atom. The third-order valence-corrected chi connectivity index (χ3v) is 4.70. The van der Waals surface area contributed by atoms with Gasteiger partial charge in [-0.1, -0.05) is 73.4 Å². The monoisotopic (exact) mass is 344 g/mol. The summed E-state index contributed by atoms with van der Waals surface area (Å²) in [6.07, 6.45) is 5.98. The molecular formula is C22H32O3. The minimum absolute atomic E-state index is 0.107. The second-order valence-electron chi connectivity index (χ2n) is 9.10. The van der Waals surface area contributed by atoms with Crippen LogP contribution in [0.1, 0.15) is 84.4 Å². The molecule has 0 bridgehead atoms. The molecule has 0 saturated carbocycles. The zero-order chi connectivity index (χ0) is 19.5. The molecule has 0 saturated heterocycles. The Balaban J connectivity index is 3.52. The highest BCUT2D eigenvalue weighted by Crippen LogP contribution is 2.40. The Labute approximate surface area is 152 Å². The summed E-state index contributed by atoms with van der Waals surface area (Å²) in [4.78, 5) is 23.1. The van der Waals surface area contributed by atoms with Crippen molar-refractivity contribution in [2.75, 3.05) is 0 Å². The lowest BCUT2D eigenvalue weighted by Gasteiger charge is -2.29. The van der Waals surface area contributed by atoms with Gasteiger partial charge in [-0.2, -0.15) is 0 Å². The maximum Gasteiger partial charge on any atom is 0.213 e. The number of benzene rings is 1. The molecule has 0 spiro atoms. The van der Waals surface area contributed by atoms with Crippen LogP contribution in [0.4, 0.5) is 0 Å². The van der Waals surface area contributed by atoms with Gasteiger partial charge in [0.25, 0.3) is 0 Å². The quantitative estimate of drug-likeness (QED) is 0.714. The van der Waals surface area contributed by atoms with E-state index < -0.39 is 5.41 Å². The van der Waals surface area contributed by atoms with Crippen LogP contribution in [-0.4, -0.2) is 17.7 Å². The standard InChI is InChI=1S/C22H32O3/c1-8-9-10-22(14-23,15-24)13-16-11-17(20(2,3)4)12-18(19(16)25)21(5,6)7/h11-12,25H,8-10,13H2,1-7H3. The highest BCUT2D eigenvalue weighted by atomic mass is 16.3. The van der Waals surface area contributed by atoms with Crippen LogP contribution in [0.25, 0.3) is 0 Å². The number of unbranched alkanes of at least 4 members (excludes halogenated alkanes) is 1. The molecule has 0 aliphatic heterocycles. The van der Waals surface area contributed by atoms with Crippen molar-refractivity contribution >= 4 is 12.6 Å². The van der Waals surface area contributed by atoms with E-state index in [0.717, 1.165) is 24.0 Å². The fourth-order valence-corrected chi connectivity index (χ4v) is 2.92. The number of hydrogen-bond acceptors (Lipinski definition) is 3. The van der Waals surface area contributed by atoms with Gasteiger partial charge in [0.1, 0.15) is 11.2 Å². The van der Waals surface area contributed by atoms with Gasteiger partial charge in [0.05, 0.1) is 0 Å². The molecule has 0 fully saturated rings. The topological polar surface area (TPSA) is 54.4 Å². The smallest absolute Gasteiger partial charge is 0.213 e. The predicted molar refractivity (Wildman–Crippen MR) is 103 cm³/mol. The summed E-state index contributed by atoms with van der Waals surface area (Å²) in [5.74, 6) is 0.173. The average Bonchev–Trinajstić information content (AvgIpc) is 2.51. The second-order valence-corrected chi connectivity index (χ2v) is 9.10. The van der Waals surface area contributed by atoms with Gasteiger partial charge in [0, 0.05) is 0 Å². The zero-order valence-corrected chi connectivity index (χ0v) is 16.7. The van der Waals surface area contributed by atoms with Gasteiger partial charge in [-0.25, -0.2) is 0 Å². The summed E-state index contributed by atoms with van der Waals surface area (Å²) in [7, 11) is 0. The Kier molecular flexibility index (Phi) is 6.61. The molecular weight excluding hydrogens is 312 g/mol. The lowest BCUT2D eigenvalue weighted by Crippen LogP contribution is -2.28. The first-order valence-electron chi connectivity index (χ1n) is 9.05. The molecule has 138 valence electrons. The Morgan fingerprint density at radius 3 is 1.92 bits per heavy atom. The van der Waals surface area contributed by atoms with Crippen LogP contribution in [0.5, 0.6) is 5.75 Å². The van der Waals surface area contributed by atoms with Crippen LogP contribution in [0.15, 0.2) is 12.1 Å². The lowest BCUT2D eigenvalue weighted by molar-refractivity contribution is 0.398. The zero-order valence-electron chi connectivity index (χ0n) is 16.7. The first-order chi connectivity index (χ1) is 11.4. The molecule has 0 heterocycles. The van der Waals surface area contributed by atoms with Crippen LogP contribution in [0.2, 0.25) is 0 Å². The number of phenolic OH excluding ortho intramolecular Hbond substituents is 1. The molecule has 1 aromatic rings. The van der Waals surface area contributed by atoms with Crippen molar-refractivity contribution in [2.45, 2.75) is 85.0 Å². The average molecular weight is 344 g/mol. The fraction of sp³-hybridized carbons (Fsp3) is 0.636.